The Morgan fingerprint density at radius 1 is 1.42 bits per heavy atom. The van der Waals surface area contributed by atoms with E-state index in [9.17, 15) is 0 Å². The van der Waals surface area contributed by atoms with Crippen LogP contribution in [0.2, 0.25) is 0 Å². The smallest absolute Gasteiger partial charge is 0.0928 e. The molecule has 1 aromatic carbocycles. The zero-order valence-electron chi connectivity index (χ0n) is 7.00. The highest BCUT2D eigenvalue weighted by molar-refractivity contribution is 6.17. The molecule has 0 radical (unpaired) electrons. The van der Waals surface area contributed by atoms with E-state index in [-0.39, 0.29) is 0 Å². The van der Waals surface area contributed by atoms with E-state index in [1.165, 1.54) is 11.3 Å². The zero-order valence-corrected chi connectivity index (χ0v) is 7.75. The van der Waals surface area contributed by atoms with Gasteiger partial charge in [-0.2, -0.15) is 0 Å². The molecule has 0 N–H and O–H groups in total. The lowest BCUT2D eigenvalue weighted by Crippen LogP contribution is -2.32. The van der Waals surface area contributed by atoms with Gasteiger partial charge in [-0.25, -0.2) is 5.01 Å². The number of hydrogen-bond donors (Lipinski definition) is 0. The summed E-state index contributed by atoms with van der Waals surface area (Å²) in [5, 5.41) is 4.19. The molecular weight excluding hydrogens is 172 g/mol. The molecule has 2 nitrogen and oxygen atoms in total. The van der Waals surface area contributed by atoms with Crippen molar-refractivity contribution in [3.05, 3.63) is 29.8 Å². The lowest BCUT2D eigenvalue weighted by atomic mass is 10.2. The number of benzene rings is 1. The van der Waals surface area contributed by atoms with Crippen LogP contribution in [0.4, 0.5) is 5.69 Å². The third kappa shape index (κ3) is 1.08. The zero-order chi connectivity index (χ0) is 8.55. The molecule has 0 saturated carbocycles. The fourth-order valence-electron chi connectivity index (χ4n) is 1.54. The van der Waals surface area contributed by atoms with Crippen LogP contribution in [0, 0.1) is 0 Å². The molecule has 0 atom stereocenters. The highest BCUT2D eigenvalue weighted by Crippen LogP contribution is 2.29. The maximum atomic E-state index is 5.78. The molecule has 1 aliphatic heterocycles. The minimum absolute atomic E-state index is 0.547. The summed E-state index contributed by atoms with van der Waals surface area (Å²) in [6.07, 6.45) is 0. The Balaban J connectivity index is 2.35. The van der Waals surface area contributed by atoms with Gasteiger partial charge in [-0.15, -0.1) is 11.6 Å². The van der Waals surface area contributed by atoms with Crippen molar-refractivity contribution in [2.24, 2.45) is 0 Å². The Bertz CT molecular complexity index is 288. The van der Waals surface area contributed by atoms with Crippen LogP contribution in [-0.2, 0) is 6.54 Å². The fourth-order valence-corrected chi connectivity index (χ4v) is 1.78. The van der Waals surface area contributed by atoms with Gasteiger partial charge in [0.2, 0.25) is 0 Å². The van der Waals surface area contributed by atoms with Crippen molar-refractivity contribution in [2.45, 2.75) is 6.54 Å². The number of hydrogen-bond acceptors (Lipinski definition) is 2. The Hall–Kier alpha value is -0.730. The molecule has 12 heavy (non-hydrogen) atoms. The largest absolute Gasteiger partial charge is 0.307 e. The van der Waals surface area contributed by atoms with Gasteiger partial charge in [-0.1, -0.05) is 18.2 Å². The average Bonchev–Trinajstić information content (AvgIpc) is 2.44. The van der Waals surface area contributed by atoms with E-state index >= 15 is 0 Å². The van der Waals surface area contributed by atoms with Crippen LogP contribution in [0.15, 0.2) is 24.3 Å². The third-order valence-corrected chi connectivity index (χ3v) is 2.53. The summed E-state index contributed by atoms with van der Waals surface area (Å²) in [6, 6.07) is 8.91. The number of nitrogens with zero attached hydrogens (tertiary/aromatic N) is 2. The molecule has 0 spiro atoms. The second-order valence-electron chi connectivity index (χ2n) is 2.94. The molecule has 0 unspecified atom stereocenters. The molecular formula is C9H11ClN2. The molecule has 0 amide bonds. The van der Waals surface area contributed by atoms with E-state index in [0.717, 1.165) is 6.54 Å². The summed E-state index contributed by atoms with van der Waals surface area (Å²) in [5.74, 6) is 0. The first-order valence-corrected chi connectivity index (χ1v) is 4.49. The molecule has 0 aliphatic carbocycles. The van der Waals surface area contributed by atoms with Gasteiger partial charge in [-0.3, -0.25) is 0 Å². The van der Waals surface area contributed by atoms with Gasteiger partial charge < -0.3 is 5.01 Å². The monoisotopic (exact) mass is 182 g/mol. The van der Waals surface area contributed by atoms with Crippen molar-refractivity contribution >= 4 is 17.3 Å². The van der Waals surface area contributed by atoms with E-state index in [0.29, 0.717) is 6.00 Å². The summed E-state index contributed by atoms with van der Waals surface area (Å²) in [6.45, 7) is 0.927. The third-order valence-electron chi connectivity index (χ3n) is 2.26. The van der Waals surface area contributed by atoms with E-state index < -0.39 is 0 Å². The Labute approximate surface area is 77.3 Å². The van der Waals surface area contributed by atoms with Crippen LogP contribution in [0.3, 0.4) is 0 Å². The fraction of sp³-hybridized carbons (Fsp3) is 0.333. The molecule has 0 fully saturated rings. The maximum Gasteiger partial charge on any atom is 0.0928 e. The first kappa shape index (κ1) is 7.90. The van der Waals surface area contributed by atoms with Crippen molar-refractivity contribution < 1.29 is 0 Å². The van der Waals surface area contributed by atoms with E-state index in [4.69, 9.17) is 11.6 Å². The Morgan fingerprint density at radius 2 is 2.17 bits per heavy atom. The van der Waals surface area contributed by atoms with Gasteiger partial charge in [0, 0.05) is 13.6 Å². The maximum absolute atomic E-state index is 5.78. The van der Waals surface area contributed by atoms with E-state index in [1.54, 1.807) is 0 Å². The van der Waals surface area contributed by atoms with Crippen LogP contribution >= 0.6 is 11.6 Å². The molecule has 1 heterocycles. The topological polar surface area (TPSA) is 6.48 Å². The van der Waals surface area contributed by atoms with Crippen LogP contribution in [0.5, 0.6) is 0 Å². The number of alkyl halides is 1. The Morgan fingerprint density at radius 3 is 2.83 bits per heavy atom. The minimum atomic E-state index is 0.547. The number of para-hydroxylation sites is 1. The molecule has 2 rings (SSSR count). The second-order valence-corrected chi connectivity index (χ2v) is 3.18. The van der Waals surface area contributed by atoms with E-state index in [2.05, 4.69) is 28.2 Å². The summed E-state index contributed by atoms with van der Waals surface area (Å²) in [7, 11) is 2.04. The minimum Gasteiger partial charge on any atom is -0.307 e. The lowest BCUT2D eigenvalue weighted by molar-refractivity contribution is 0.327. The molecule has 1 aromatic rings. The van der Waals surface area contributed by atoms with Gasteiger partial charge in [0.25, 0.3) is 0 Å². The molecule has 0 saturated heterocycles. The number of fused-ring (bicyclic) bond motifs is 1. The lowest BCUT2D eigenvalue weighted by Gasteiger charge is -2.23. The number of hydrazine groups is 1. The summed E-state index contributed by atoms with van der Waals surface area (Å²) in [4.78, 5) is 0. The predicted octanol–water partition coefficient (Wildman–Crippen LogP) is 2.05. The van der Waals surface area contributed by atoms with Crippen molar-refractivity contribution in [3.8, 4) is 0 Å². The van der Waals surface area contributed by atoms with Crippen molar-refractivity contribution in [2.75, 3.05) is 18.1 Å². The SMILES string of the molecule is CN1c2ccccc2CN1CCl. The van der Waals surface area contributed by atoms with Crippen molar-refractivity contribution in [1.82, 2.24) is 5.01 Å². The summed E-state index contributed by atoms with van der Waals surface area (Å²) >= 11 is 5.78. The number of halogens is 1. The van der Waals surface area contributed by atoms with Gasteiger partial charge in [-0.05, 0) is 11.6 Å². The van der Waals surface area contributed by atoms with E-state index in [1.807, 2.05) is 13.1 Å². The normalized spacial score (nSPS) is 16.7. The first-order valence-electron chi connectivity index (χ1n) is 3.95. The van der Waals surface area contributed by atoms with Crippen LogP contribution < -0.4 is 5.01 Å². The quantitative estimate of drug-likeness (QED) is 0.485. The van der Waals surface area contributed by atoms with Crippen LogP contribution in [-0.4, -0.2) is 18.1 Å². The second kappa shape index (κ2) is 2.96. The Kier molecular flexibility index (Phi) is 1.95. The van der Waals surface area contributed by atoms with Gasteiger partial charge in [0.15, 0.2) is 0 Å². The van der Waals surface area contributed by atoms with Crippen LogP contribution in [0.25, 0.3) is 0 Å². The average molecular weight is 183 g/mol. The first-order chi connectivity index (χ1) is 5.83. The van der Waals surface area contributed by atoms with Gasteiger partial charge in [0.1, 0.15) is 0 Å². The van der Waals surface area contributed by atoms with Crippen LogP contribution in [0.1, 0.15) is 5.56 Å². The van der Waals surface area contributed by atoms with Gasteiger partial charge >= 0.3 is 0 Å². The summed E-state index contributed by atoms with van der Waals surface area (Å²) in [5.41, 5.74) is 2.61. The molecule has 0 aromatic heterocycles. The standard InChI is InChI=1S/C9H11ClN2/c1-11-9-5-3-2-4-8(9)6-12(11)7-10/h2-5H,6-7H2,1H3. The molecule has 0 bridgehead atoms. The highest BCUT2D eigenvalue weighted by Gasteiger charge is 2.21. The molecule has 64 valence electrons. The molecule has 3 heteroatoms. The van der Waals surface area contributed by atoms with Crippen molar-refractivity contribution in [1.29, 1.82) is 0 Å². The number of rotatable bonds is 1. The van der Waals surface area contributed by atoms with Gasteiger partial charge in [0.05, 0.1) is 11.7 Å². The summed E-state index contributed by atoms with van der Waals surface area (Å²) < 4.78 is 0. The van der Waals surface area contributed by atoms with Crippen molar-refractivity contribution in [3.63, 3.8) is 0 Å². The predicted molar refractivity (Wildman–Crippen MR) is 51.1 cm³/mol. The number of anilines is 1. The highest BCUT2D eigenvalue weighted by atomic mass is 35.5. The molecule has 1 aliphatic rings.